The van der Waals surface area contributed by atoms with E-state index in [1.54, 1.807) is 55.4 Å². The maximum absolute atomic E-state index is 12.6. The van der Waals surface area contributed by atoms with Crippen molar-refractivity contribution < 1.29 is 48.8 Å². The van der Waals surface area contributed by atoms with E-state index in [-0.39, 0.29) is 49.8 Å². The van der Waals surface area contributed by atoms with E-state index in [1.165, 1.54) is 24.0 Å². The van der Waals surface area contributed by atoms with Gasteiger partial charge in [0, 0.05) is 59.3 Å². The van der Waals surface area contributed by atoms with Gasteiger partial charge in [0.15, 0.2) is 0 Å². The first kappa shape index (κ1) is 61.3. The number of piperidine rings is 2. The number of likely N-dealkylation sites (tertiary alicyclic amines) is 2. The van der Waals surface area contributed by atoms with Crippen molar-refractivity contribution in [3.8, 4) is 0 Å². The van der Waals surface area contributed by atoms with Crippen molar-refractivity contribution in [2.45, 2.75) is 212 Å². The van der Waals surface area contributed by atoms with Crippen molar-refractivity contribution in [2.24, 2.45) is 10.8 Å². The highest BCUT2D eigenvalue weighted by atomic mass is 79.9. The molecule has 4 N–H and O–H groups in total. The first-order valence-corrected chi connectivity index (χ1v) is 26.4. The second kappa shape index (κ2) is 23.7. The van der Waals surface area contributed by atoms with Crippen LogP contribution in [0.15, 0.2) is 53.0 Å². The molecule has 2 aromatic carbocycles. The molecule has 2 unspecified atom stereocenters. The summed E-state index contributed by atoms with van der Waals surface area (Å²) in [6, 6.07) is 17.6. The zero-order valence-corrected chi connectivity index (χ0v) is 46.1. The van der Waals surface area contributed by atoms with E-state index in [9.17, 15) is 9.59 Å². The van der Waals surface area contributed by atoms with Crippen molar-refractivity contribution in [3.63, 3.8) is 0 Å². The lowest BCUT2D eigenvalue weighted by atomic mass is 9.78. The first-order valence-electron chi connectivity index (χ1n) is 25.6. The minimum absolute atomic E-state index is 0. The fraction of sp³-hybridized carbons (Fsp3) is 0.745. The molecule has 2 saturated carbocycles. The van der Waals surface area contributed by atoms with Crippen LogP contribution >= 0.6 is 15.9 Å². The van der Waals surface area contributed by atoms with Crippen molar-refractivity contribution in [2.75, 3.05) is 39.4 Å². The van der Waals surface area contributed by atoms with Gasteiger partial charge in [-0.05, 0) is 199 Å². The van der Waals surface area contributed by atoms with Crippen LogP contribution in [-0.2, 0) is 28.4 Å². The minimum Gasteiger partial charge on any atom is -0.399 e. The van der Waals surface area contributed by atoms with Gasteiger partial charge in [-0.15, -0.1) is 0 Å². The second-order valence-electron chi connectivity index (χ2n) is 23.9. The molecule has 4 atom stereocenters. The fourth-order valence-corrected chi connectivity index (χ4v) is 9.86. The van der Waals surface area contributed by atoms with Gasteiger partial charge >= 0.3 is 7.12 Å². The van der Waals surface area contributed by atoms with Crippen LogP contribution < -0.4 is 5.46 Å². The van der Waals surface area contributed by atoms with E-state index >= 15 is 0 Å². The number of nitrogens with zero attached hydrogens (tertiary/aromatic N) is 2. The van der Waals surface area contributed by atoms with Crippen LogP contribution in [0.2, 0.25) is 0 Å². The molecule has 0 bridgehead atoms. The predicted octanol–water partition coefficient (Wildman–Crippen LogP) is 7.92. The largest absolute Gasteiger partial charge is 0.494 e. The Morgan fingerprint density at radius 1 is 0.592 bits per heavy atom. The van der Waals surface area contributed by atoms with E-state index in [1.807, 2.05) is 9.80 Å². The Kier molecular flexibility index (Phi) is 20.5. The molecular weight excluding hydrogens is 961 g/mol. The summed E-state index contributed by atoms with van der Waals surface area (Å²) in [4.78, 5) is 29.1. The molecule has 7 aliphatic rings. The monoisotopic (exact) mass is 1050 g/mol. The highest BCUT2D eigenvalue weighted by Gasteiger charge is 2.57. The van der Waals surface area contributed by atoms with E-state index in [4.69, 9.17) is 39.2 Å². The Morgan fingerprint density at radius 2 is 0.901 bits per heavy atom. The number of carbonyl (C=O) groups is 2. The first-order chi connectivity index (χ1) is 32.4. The number of aliphatic hydroxyl groups is 4. The van der Waals surface area contributed by atoms with Gasteiger partial charge in [0.05, 0.1) is 33.6 Å². The number of halogens is 1. The molecular formula is C55H88B3BrN2O10. The fourth-order valence-electron chi connectivity index (χ4n) is 9.60. The quantitative estimate of drug-likeness (QED) is 0.201. The number of benzene rings is 2. The molecule has 5 heterocycles. The molecule has 16 heteroatoms. The molecule has 4 radical (unpaired) electrons. The Hall–Kier alpha value is -2.27. The number of rotatable bonds is 7. The van der Waals surface area contributed by atoms with E-state index in [0.717, 1.165) is 101 Å². The van der Waals surface area contributed by atoms with Gasteiger partial charge in [-0.25, -0.2) is 0 Å². The number of ether oxygens (including phenoxy) is 2. The van der Waals surface area contributed by atoms with Crippen LogP contribution in [0.1, 0.15) is 178 Å². The SMILES string of the molecule is C.CC(C)(O)C(C)(C)O.CC(C)(O)C(C)(C)O.CC1(C)OB(c2ccc(C3CC34CCN(C(=O)[C@H]3CCCO3)CC4)cc2)OC1(C)C.O=C([C@H]1CCCO1)N1CCC2(CC1)CC2c1ccc(Br)cc1.[B][B]. The third-order valence-corrected chi connectivity index (χ3v) is 17.6. The van der Waals surface area contributed by atoms with Crippen LogP contribution in [0.4, 0.5) is 0 Å². The maximum atomic E-state index is 12.6. The zero-order valence-electron chi connectivity index (χ0n) is 44.5. The van der Waals surface area contributed by atoms with Gasteiger partial charge in [0.2, 0.25) is 0 Å². The lowest BCUT2D eigenvalue weighted by Crippen LogP contribution is -2.44. The molecule has 12 nitrogen and oxygen atoms in total. The summed E-state index contributed by atoms with van der Waals surface area (Å²) in [5, 5.41) is 36.4. The van der Waals surface area contributed by atoms with Gasteiger partial charge < -0.3 is 49.0 Å². The van der Waals surface area contributed by atoms with Crippen molar-refractivity contribution in [3.05, 3.63) is 64.1 Å². The van der Waals surface area contributed by atoms with Crippen LogP contribution in [0.3, 0.4) is 0 Å². The molecule has 7 fully saturated rings. The lowest BCUT2D eigenvalue weighted by molar-refractivity contribution is -0.143. The minimum atomic E-state index is -1.01. The molecule has 394 valence electrons. The number of carbonyl (C=O) groups excluding carboxylic acids is 2. The van der Waals surface area contributed by atoms with E-state index in [0.29, 0.717) is 22.7 Å². The van der Waals surface area contributed by atoms with Gasteiger partial charge in [0.1, 0.15) is 12.2 Å². The number of hydrogen-bond acceptors (Lipinski definition) is 10. The Bertz CT molecular complexity index is 1940. The van der Waals surface area contributed by atoms with Crippen molar-refractivity contribution in [1.29, 1.82) is 0 Å². The normalized spacial score (nSPS) is 25.7. The maximum Gasteiger partial charge on any atom is 0.494 e. The summed E-state index contributed by atoms with van der Waals surface area (Å²) in [5.74, 6) is 1.75. The molecule has 0 aromatic heterocycles. The molecule has 2 amide bonds. The highest BCUT2D eigenvalue weighted by molar-refractivity contribution is 9.10. The second-order valence-corrected chi connectivity index (χ2v) is 24.9. The summed E-state index contributed by atoms with van der Waals surface area (Å²) in [7, 11) is 7.70. The molecule has 2 aromatic rings. The Labute approximate surface area is 439 Å². The standard InChI is InChI=1S/C24H34BNO4.C18H22BrNO2.2C6H14O2.CH4.B2/c1-22(2)23(3,4)30-25(29-22)18-9-7-17(8-10-18)19-16-24(19)11-13-26(14-12-24)21(27)20-6-5-15-28-20;19-14-5-3-13(4-6-14)15-12-18(15)7-9-20(10-8-18)17(21)16-2-1-11-22-16;2*1-5(2,7)6(3,4)8;;1-2/h7-10,19-20H,5-6,11-16H2,1-4H3;3-6,15-16H,1-2,7-12H2;2*7-8H,1-4H3;1H4;/t19?,20-;15?,16-;;;;/m11..../s1. The van der Waals surface area contributed by atoms with Crippen molar-refractivity contribution in [1.82, 2.24) is 9.80 Å². The molecule has 2 aliphatic carbocycles. The topological polar surface area (TPSA) is 158 Å². The summed E-state index contributed by atoms with van der Waals surface area (Å²) < 4.78 is 24.6. The molecule has 5 aliphatic heterocycles. The predicted molar refractivity (Wildman–Crippen MR) is 289 cm³/mol. The van der Waals surface area contributed by atoms with Crippen LogP contribution in [-0.4, -0.2) is 150 Å². The molecule has 5 saturated heterocycles. The number of amides is 2. The number of hydrogen-bond donors (Lipinski definition) is 4. The smallest absolute Gasteiger partial charge is 0.399 e. The Morgan fingerprint density at radius 3 is 1.18 bits per heavy atom. The van der Waals surface area contributed by atoms with Crippen LogP contribution in [0.5, 0.6) is 0 Å². The zero-order chi connectivity index (χ0) is 52.3. The summed E-state index contributed by atoms with van der Waals surface area (Å²) in [6.45, 7) is 26.0. The summed E-state index contributed by atoms with van der Waals surface area (Å²) >= 11 is 3.50. The highest BCUT2D eigenvalue weighted by Crippen LogP contribution is 2.66. The van der Waals surface area contributed by atoms with E-state index in [2.05, 4.69) is 108 Å². The molecule has 2 spiro atoms. The summed E-state index contributed by atoms with van der Waals surface area (Å²) in [6.07, 6.45) is 10.5. The van der Waals surface area contributed by atoms with Gasteiger partial charge in [-0.3, -0.25) is 9.59 Å². The van der Waals surface area contributed by atoms with Gasteiger partial charge in [-0.1, -0.05) is 59.8 Å². The molecule has 71 heavy (non-hydrogen) atoms. The summed E-state index contributed by atoms with van der Waals surface area (Å²) in [5.41, 5.74) is 0.151. The van der Waals surface area contributed by atoms with Gasteiger partial charge in [0.25, 0.3) is 11.8 Å². The van der Waals surface area contributed by atoms with Crippen LogP contribution in [0.25, 0.3) is 0 Å². The van der Waals surface area contributed by atoms with E-state index < -0.39 is 22.4 Å². The molecule has 9 rings (SSSR count). The van der Waals surface area contributed by atoms with Crippen LogP contribution in [0, 0.1) is 10.8 Å². The Balaban J connectivity index is 0.000000233. The average molecular weight is 1050 g/mol. The third-order valence-electron chi connectivity index (χ3n) is 17.1. The third kappa shape index (κ3) is 15.2. The van der Waals surface area contributed by atoms with Crippen molar-refractivity contribution >= 4 is 55.8 Å². The average Bonchev–Trinajstić information content (AvgIpc) is 3.80. The lowest BCUT2D eigenvalue weighted by Gasteiger charge is -2.34. The van der Waals surface area contributed by atoms with Gasteiger partial charge in [-0.2, -0.15) is 0 Å².